The van der Waals surface area contributed by atoms with Gasteiger partial charge in [0.25, 0.3) is 0 Å². The molecule has 1 fully saturated rings. The van der Waals surface area contributed by atoms with Crippen molar-refractivity contribution in [1.82, 2.24) is 10.2 Å². The topological polar surface area (TPSA) is 40.0 Å². The molecule has 1 unspecified atom stereocenters. The lowest BCUT2D eigenvalue weighted by Crippen LogP contribution is -2.55. The molecule has 0 bridgehead atoms. The lowest BCUT2D eigenvalue weighted by molar-refractivity contribution is 0.0918. The Bertz CT molecular complexity index is 139. The minimum absolute atomic E-state index is 0.0775. The van der Waals surface area contributed by atoms with E-state index in [4.69, 9.17) is 0 Å². The first-order valence-electron chi connectivity index (χ1n) is 3.27. The van der Waals surface area contributed by atoms with Crippen LogP contribution in [0.15, 0.2) is 9.98 Å². The van der Waals surface area contributed by atoms with Crippen LogP contribution in [0.25, 0.3) is 0 Å². The highest BCUT2D eigenvalue weighted by molar-refractivity contribution is 5.53. The van der Waals surface area contributed by atoms with Gasteiger partial charge < -0.3 is 0 Å². The van der Waals surface area contributed by atoms with Crippen molar-refractivity contribution in [3.8, 4) is 0 Å². The maximum absolute atomic E-state index is 4.10. The maximum atomic E-state index is 4.10. The van der Waals surface area contributed by atoms with Crippen LogP contribution < -0.4 is 5.32 Å². The summed E-state index contributed by atoms with van der Waals surface area (Å²) in [4.78, 5) is 10.0. The maximum Gasteiger partial charge on any atom is 0.196 e. The summed E-state index contributed by atoms with van der Waals surface area (Å²) in [6.07, 6.45) is 1.67. The van der Waals surface area contributed by atoms with Crippen LogP contribution in [0, 0.1) is 0 Å². The van der Waals surface area contributed by atoms with E-state index in [1.165, 1.54) is 0 Å². The van der Waals surface area contributed by atoms with Gasteiger partial charge in [0.05, 0.1) is 13.3 Å². The van der Waals surface area contributed by atoms with Crippen LogP contribution in [0.3, 0.4) is 0 Å². The second-order valence-corrected chi connectivity index (χ2v) is 2.09. The molecule has 4 heteroatoms. The molecular formula is C6H12N4. The summed E-state index contributed by atoms with van der Waals surface area (Å²) in [6.45, 7) is 7.05. The molecule has 1 aliphatic heterocycles. The van der Waals surface area contributed by atoms with Crippen molar-refractivity contribution >= 4 is 12.9 Å². The van der Waals surface area contributed by atoms with Crippen molar-refractivity contribution in [2.24, 2.45) is 9.98 Å². The third-order valence-electron chi connectivity index (χ3n) is 1.40. The monoisotopic (exact) mass is 140 g/mol. The summed E-state index contributed by atoms with van der Waals surface area (Å²) in [5, 5.41) is 3.10. The zero-order valence-corrected chi connectivity index (χ0v) is 6.12. The van der Waals surface area contributed by atoms with Crippen molar-refractivity contribution in [3.63, 3.8) is 0 Å². The van der Waals surface area contributed by atoms with Gasteiger partial charge in [-0.1, -0.05) is 0 Å². The van der Waals surface area contributed by atoms with Crippen molar-refractivity contribution in [2.45, 2.75) is 13.2 Å². The Labute approximate surface area is 60.7 Å². The first kappa shape index (κ1) is 7.37. The van der Waals surface area contributed by atoms with Gasteiger partial charge in [0.1, 0.15) is 0 Å². The quantitative estimate of drug-likeness (QED) is 0.555. The van der Waals surface area contributed by atoms with E-state index in [9.17, 15) is 0 Å². The average molecular weight is 140 g/mol. The van der Waals surface area contributed by atoms with Crippen LogP contribution >= 0.6 is 0 Å². The minimum atomic E-state index is -0.0775. The molecule has 1 aliphatic rings. The van der Waals surface area contributed by atoms with E-state index < -0.39 is 0 Å². The van der Waals surface area contributed by atoms with Gasteiger partial charge in [0.2, 0.25) is 0 Å². The Balaban J connectivity index is 2.38. The summed E-state index contributed by atoms with van der Waals surface area (Å²) in [5.41, 5.74) is 0. The SMILES string of the molecule is C=NC(N=CC)N1CNC1. The molecule has 56 valence electrons. The Morgan fingerprint density at radius 3 is 2.70 bits per heavy atom. The van der Waals surface area contributed by atoms with E-state index in [1.54, 1.807) is 6.21 Å². The summed E-state index contributed by atoms with van der Waals surface area (Å²) >= 11 is 0. The largest absolute Gasteiger partial charge is 0.291 e. The van der Waals surface area contributed by atoms with Gasteiger partial charge in [-0.05, 0) is 19.9 Å². The highest BCUT2D eigenvalue weighted by Crippen LogP contribution is 2.03. The van der Waals surface area contributed by atoms with Crippen molar-refractivity contribution in [1.29, 1.82) is 0 Å². The molecule has 1 saturated heterocycles. The predicted molar refractivity (Wildman–Crippen MR) is 42.2 cm³/mol. The van der Waals surface area contributed by atoms with Gasteiger partial charge in [0, 0.05) is 0 Å². The fourth-order valence-electron chi connectivity index (χ4n) is 0.794. The molecule has 0 saturated carbocycles. The van der Waals surface area contributed by atoms with Gasteiger partial charge in [-0.3, -0.25) is 15.3 Å². The fraction of sp³-hybridized carbons (Fsp3) is 0.667. The van der Waals surface area contributed by atoms with Crippen LogP contribution in [0.4, 0.5) is 0 Å². The summed E-state index contributed by atoms with van der Waals surface area (Å²) in [5.74, 6) is 0. The predicted octanol–water partition coefficient (Wildman–Crippen LogP) is -0.118. The van der Waals surface area contributed by atoms with E-state index in [-0.39, 0.29) is 6.29 Å². The third kappa shape index (κ3) is 1.40. The van der Waals surface area contributed by atoms with Gasteiger partial charge in [-0.15, -0.1) is 0 Å². The van der Waals surface area contributed by atoms with E-state index in [1.807, 2.05) is 6.92 Å². The molecule has 0 aliphatic carbocycles. The number of rotatable bonds is 3. The Morgan fingerprint density at radius 1 is 1.70 bits per heavy atom. The van der Waals surface area contributed by atoms with Crippen molar-refractivity contribution in [3.05, 3.63) is 0 Å². The van der Waals surface area contributed by atoms with E-state index in [0.717, 1.165) is 13.3 Å². The molecular weight excluding hydrogens is 128 g/mol. The molecule has 1 heterocycles. The van der Waals surface area contributed by atoms with E-state index in [0.29, 0.717) is 0 Å². The summed E-state index contributed by atoms with van der Waals surface area (Å²) in [6, 6.07) is 0. The Kier molecular flexibility index (Phi) is 2.53. The molecule has 0 amide bonds. The first-order chi connectivity index (χ1) is 4.88. The molecule has 4 nitrogen and oxygen atoms in total. The zero-order chi connectivity index (χ0) is 7.40. The fourth-order valence-corrected chi connectivity index (χ4v) is 0.794. The van der Waals surface area contributed by atoms with Crippen LogP contribution in [0.1, 0.15) is 6.92 Å². The van der Waals surface area contributed by atoms with E-state index >= 15 is 0 Å². The molecule has 1 rings (SSSR count). The highest BCUT2D eigenvalue weighted by Gasteiger charge is 2.19. The molecule has 0 aromatic rings. The lowest BCUT2D eigenvalue weighted by atomic mass is 10.5. The van der Waals surface area contributed by atoms with Crippen LogP contribution in [-0.4, -0.2) is 37.5 Å². The van der Waals surface area contributed by atoms with Gasteiger partial charge in [-0.2, -0.15) is 0 Å². The second-order valence-electron chi connectivity index (χ2n) is 2.09. The molecule has 0 radical (unpaired) electrons. The van der Waals surface area contributed by atoms with Crippen molar-refractivity contribution in [2.75, 3.05) is 13.3 Å². The normalized spacial score (nSPS) is 22.5. The molecule has 10 heavy (non-hydrogen) atoms. The Hall–Kier alpha value is -0.740. The molecule has 1 atom stereocenters. The van der Waals surface area contributed by atoms with E-state index in [2.05, 4.69) is 26.9 Å². The Morgan fingerprint density at radius 2 is 2.40 bits per heavy atom. The smallest absolute Gasteiger partial charge is 0.196 e. The standard InChI is InChI=1S/C6H12N4/c1-3-9-6(7-2)10-4-8-5-10/h3,6,8H,2,4-5H2,1H3. The lowest BCUT2D eigenvalue weighted by Gasteiger charge is -2.34. The van der Waals surface area contributed by atoms with Crippen LogP contribution in [-0.2, 0) is 0 Å². The van der Waals surface area contributed by atoms with Crippen LogP contribution in [0.5, 0.6) is 0 Å². The summed E-state index contributed by atoms with van der Waals surface area (Å²) < 4.78 is 0. The average Bonchev–Trinajstić information content (AvgIpc) is 1.83. The van der Waals surface area contributed by atoms with Crippen LogP contribution in [0.2, 0.25) is 0 Å². The number of nitrogens with zero attached hydrogens (tertiary/aromatic N) is 3. The molecule has 0 spiro atoms. The van der Waals surface area contributed by atoms with Gasteiger partial charge >= 0.3 is 0 Å². The molecule has 0 aromatic heterocycles. The highest BCUT2D eigenvalue weighted by atomic mass is 15.5. The number of aliphatic imine (C=N–C) groups is 2. The number of hydrogen-bond acceptors (Lipinski definition) is 4. The molecule has 1 N–H and O–H groups in total. The van der Waals surface area contributed by atoms with Gasteiger partial charge in [0.15, 0.2) is 6.29 Å². The number of hydrogen-bond donors (Lipinski definition) is 1. The first-order valence-corrected chi connectivity index (χ1v) is 3.27. The van der Waals surface area contributed by atoms with Gasteiger partial charge in [-0.25, -0.2) is 4.90 Å². The van der Waals surface area contributed by atoms with Crippen molar-refractivity contribution < 1.29 is 0 Å². The number of nitrogens with one attached hydrogen (secondary N) is 1. The zero-order valence-electron chi connectivity index (χ0n) is 6.12. The summed E-state index contributed by atoms with van der Waals surface area (Å²) in [7, 11) is 0. The third-order valence-corrected chi connectivity index (χ3v) is 1.40. The molecule has 0 aromatic carbocycles. The second kappa shape index (κ2) is 3.43. The minimum Gasteiger partial charge on any atom is -0.291 e.